The van der Waals surface area contributed by atoms with E-state index in [2.05, 4.69) is 36.4 Å². The maximum Gasteiger partial charge on any atom is 0.225 e. The molecule has 0 aliphatic carbocycles. The Labute approximate surface area is 158 Å². The first kappa shape index (κ1) is 17.6. The van der Waals surface area contributed by atoms with Crippen LogP contribution < -0.4 is 5.32 Å². The van der Waals surface area contributed by atoms with Crippen molar-refractivity contribution in [2.75, 3.05) is 11.1 Å². The van der Waals surface area contributed by atoms with Gasteiger partial charge in [0.05, 0.1) is 0 Å². The van der Waals surface area contributed by atoms with Crippen molar-refractivity contribution in [1.29, 1.82) is 0 Å². The molecule has 0 spiro atoms. The first-order valence-electron chi connectivity index (χ1n) is 7.61. The van der Waals surface area contributed by atoms with Crippen LogP contribution in [0.3, 0.4) is 0 Å². The van der Waals surface area contributed by atoms with Gasteiger partial charge in [-0.15, -0.1) is 10.2 Å². The summed E-state index contributed by atoms with van der Waals surface area (Å²) in [6, 6.07) is 11.3. The van der Waals surface area contributed by atoms with Crippen LogP contribution >= 0.6 is 27.7 Å². The normalized spacial score (nSPS) is 10.6. The third kappa shape index (κ3) is 4.67. The highest BCUT2D eigenvalue weighted by Crippen LogP contribution is 2.22. The summed E-state index contributed by atoms with van der Waals surface area (Å²) >= 11 is 4.87. The lowest BCUT2D eigenvalue weighted by Gasteiger charge is -2.06. The van der Waals surface area contributed by atoms with Gasteiger partial charge in [0.2, 0.25) is 5.91 Å². The minimum absolute atomic E-state index is 0.0236. The van der Waals surface area contributed by atoms with E-state index in [1.165, 1.54) is 11.8 Å². The standard InChI is InChI=1S/C17H16BrN5OS/c1-23-16(12-3-2-9-19-11-12)21-22-17(23)25-10-8-15(24)20-14-6-4-13(18)5-7-14/h2-7,9,11H,8,10H2,1H3,(H,20,24). The summed E-state index contributed by atoms with van der Waals surface area (Å²) in [4.78, 5) is 16.1. The Morgan fingerprint density at radius 3 is 2.76 bits per heavy atom. The molecule has 25 heavy (non-hydrogen) atoms. The molecular weight excluding hydrogens is 402 g/mol. The van der Waals surface area contributed by atoms with Crippen LogP contribution in [0.1, 0.15) is 6.42 Å². The number of halogens is 1. The molecule has 0 saturated carbocycles. The predicted molar refractivity (Wildman–Crippen MR) is 102 cm³/mol. The van der Waals surface area contributed by atoms with Crippen molar-refractivity contribution in [3.63, 3.8) is 0 Å². The molecule has 0 radical (unpaired) electrons. The minimum atomic E-state index is -0.0236. The Bertz CT molecular complexity index is 851. The maximum atomic E-state index is 12.0. The van der Waals surface area contributed by atoms with Crippen molar-refractivity contribution in [3.05, 3.63) is 53.3 Å². The summed E-state index contributed by atoms with van der Waals surface area (Å²) in [6.07, 6.45) is 3.87. The number of aromatic nitrogens is 4. The Morgan fingerprint density at radius 1 is 1.24 bits per heavy atom. The van der Waals surface area contributed by atoms with E-state index in [1.807, 2.05) is 48.0 Å². The number of nitrogens with one attached hydrogen (secondary N) is 1. The van der Waals surface area contributed by atoms with E-state index in [0.717, 1.165) is 26.7 Å². The van der Waals surface area contributed by atoms with Crippen LogP contribution in [0.2, 0.25) is 0 Å². The van der Waals surface area contributed by atoms with Gasteiger partial charge in [0.15, 0.2) is 11.0 Å². The number of benzene rings is 1. The number of rotatable bonds is 6. The van der Waals surface area contributed by atoms with E-state index >= 15 is 0 Å². The Kier molecular flexibility index (Phi) is 5.83. The molecule has 0 unspecified atom stereocenters. The van der Waals surface area contributed by atoms with Crippen molar-refractivity contribution >= 4 is 39.3 Å². The fraction of sp³-hybridized carbons (Fsp3) is 0.176. The lowest BCUT2D eigenvalue weighted by molar-refractivity contribution is -0.115. The SMILES string of the molecule is Cn1c(SCCC(=O)Nc2ccc(Br)cc2)nnc1-c1cccnc1. The largest absolute Gasteiger partial charge is 0.326 e. The summed E-state index contributed by atoms with van der Waals surface area (Å²) in [6.45, 7) is 0. The monoisotopic (exact) mass is 417 g/mol. The molecule has 128 valence electrons. The first-order valence-corrected chi connectivity index (χ1v) is 9.39. The summed E-state index contributed by atoms with van der Waals surface area (Å²) in [5.41, 5.74) is 1.70. The zero-order valence-electron chi connectivity index (χ0n) is 13.5. The average molecular weight is 418 g/mol. The van der Waals surface area contributed by atoms with E-state index in [9.17, 15) is 4.79 Å². The van der Waals surface area contributed by atoms with Gasteiger partial charge >= 0.3 is 0 Å². The summed E-state index contributed by atoms with van der Waals surface area (Å²) in [7, 11) is 1.91. The molecule has 3 rings (SSSR count). The van der Waals surface area contributed by atoms with E-state index < -0.39 is 0 Å². The zero-order chi connectivity index (χ0) is 17.6. The number of hydrogen-bond acceptors (Lipinski definition) is 5. The van der Waals surface area contributed by atoms with Gasteiger partial charge in [-0.3, -0.25) is 9.78 Å². The second-order valence-corrected chi connectivity index (χ2v) is 7.24. The van der Waals surface area contributed by atoms with Crippen LogP contribution in [-0.4, -0.2) is 31.4 Å². The molecule has 0 fully saturated rings. The maximum absolute atomic E-state index is 12.0. The number of nitrogens with zero attached hydrogens (tertiary/aromatic N) is 4. The number of carbonyl (C=O) groups excluding carboxylic acids is 1. The topological polar surface area (TPSA) is 72.7 Å². The van der Waals surface area contributed by atoms with E-state index in [-0.39, 0.29) is 5.91 Å². The Morgan fingerprint density at radius 2 is 2.04 bits per heavy atom. The second-order valence-electron chi connectivity index (χ2n) is 5.26. The van der Waals surface area contributed by atoms with Crippen molar-refractivity contribution < 1.29 is 4.79 Å². The molecule has 0 aliphatic heterocycles. The third-order valence-electron chi connectivity index (χ3n) is 3.44. The molecule has 1 aromatic carbocycles. The number of amides is 1. The molecule has 6 nitrogen and oxygen atoms in total. The van der Waals surface area contributed by atoms with E-state index in [4.69, 9.17) is 0 Å². The van der Waals surface area contributed by atoms with E-state index in [1.54, 1.807) is 12.4 Å². The van der Waals surface area contributed by atoms with Gasteiger partial charge in [-0.25, -0.2) is 0 Å². The lowest BCUT2D eigenvalue weighted by Crippen LogP contribution is -2.12. The molecule has 2 heterocycles. The number of carbonyl (C=O) groups is 1. The molecule has 1 amide bonds. The number of thioether (sulfide) groups is 1. The number of pyridine rings is 1. The first-order chi connectivity index (χ1) is 12.1. The molecule has 1 N–H and O–H groups in total. The van der Waals surface area contributed by atoms with Gasteiger partial charge in [0.1, 0.15) is 0 Å². The van der Waals surface area contributed by atoms with Crippen molar-refractivity contribution in [2.45, 2.75) is 11.6 Å². The van der Waals surface area contributed by atoms with Crippen molar-refractivity contribution in [2.24, 2.45) is 7.05 Å². The summed E-state index contributed by atoms with van der Waals surface area (Å²) in [5.74, 6) is 1.36. The fourth-order valence-corrected chi connectivity index (χ4v) is 3.29. The van der Waals surface area contributed by atoms with E-state index in [0.29, 0.717) is 12.2 Å². The molecular formula is C17H16BrN5OS. The number of hydrogen-bond donors (Lipinski definition) is 1. The Balaban J connectivity index is 1.53. The van der Waals surface area contributed by atoms with Crippen LogP contribution in [0.4, 0.5) is 5.69 Å². The highest BCUT2D eigenvalue weighted by molar-refractivity contribution is 9.10. The molecule has 0 saturated heterocycles. The van der Waals surface area contributed by atoms with Gasteiger partial charge in [-0.1, -0.05) is 27.7 Å². The molecule has 0 bridgehead atoms. The molecule has 0 atom stereocenters. The fourth-order valence-electron chi connectivity index (χ4n) is 2.18. The second kappa shape index (κ2) is 8.26. The van der Waals surface area contributed by atoms with Crippen LogP contribution in [0.25, 0.3) is 11.4 Å². The molecule has 3 aromatic rings. The van der Waals surface area contributed by atoms with Crippen LogP contribution in [0.15, 0.2) is 58.4 Å². The highest BCUT2D eigenvalue weighted by atomic mass is 79.9. The minimum Gasteiger partial charge on any atom is -0.326 e. The van der Waals surface area contributed by atoms with Crippen LogP contribution in [0, 0.1) is 0 Å². The van der Waals surface area contributed by atoms with Gasteiger partial charge in [0.25, 0.3) is 0 Å². The third-order valence-corrected chi connectivity index (χ3v) is 4.99. The quantitative estimate of drug-likeness (QED) is 0.618. The number of anilines is 1. The predicted octanol–water partition coefficient (Wildman–Crippen LogP) is 3.76. The molecule has 0 aliphatic rings. The van der Waals surface area contributed by atoms with Gasteiger partial charge in [-0.05, 0) is 36.4 Å². The smallest absolute Gasteiger partial charge is 0.225 e. The average Bonchev–Trinajstić information content (AvgIpc) is 2.99. The summed E-state index contributed by atoms with van der Waals surface area (Å²) < 4.78 is 2.89. The van der Waals surface area contributed by atoms with Gasteiger partial charge in [-0.2, -0.15) is 0 Å². The lowest BCUT2D eigenvalue weighted by atomic mass is 10.3. The van der Waals surface area contributed by atoms with Crippen LogP contribution in [0.5, 0.6) is 0 Å². The zero-order valence-corrected chi connectivity index (χ0v) is 15.9. The highest BCUT2D eigenvalue weighted by Gasteiger charge is 2.12. The van der Waals surface area contributed by atoms with Crippen molar-refractivity contribution in [3.8, 4) is 11.4 Å². The Hall–Kier alpha value is -2.19. The van der Waals surface area contributed by atoms with Crippen molar-refractivity contribution in [1.82, 2.24) is 19.7 Å². The molecule has 8 heteroatoms. The van der Waals surface area contributed by atoms with Crippen LogP contribution in [-0.2, 0) is 11.8 Å². The molecule has 2 aromatic heterocycles. The summed E-state index contributed by atoms with van der Waals surface area (Å²) in [5, 5.41) is 12.1. The van der Waals surface area contributed by atoms with Gasteiger partial charge < -0.3 is 9.88 Å². The van der Waals surface area contributed by atoms with Gasteiger partial charge in [0, 0.05) is 47.3 Å².